The Bertz CT molecular complexity index is 328. The first-order chi connectivity index (χ1) is 8.11. The second-order valence-electron chi connectivity index (χ2n) is 4.65. The van der Waals surface area contributed by atoms with Gasteiger partial charge in [-0.05, 0) is 37.1 Å². The monoisotopic (exact) mass is 255 g/mol. The van der Waals surface area contributed by atoms with E-state index in [0.717, 1.165) is 18.7 Å². The van der Waals surface area contributed by atoms with E-state index in [1.807, 2.05) is 24.3 Å². The molecule has 0 heterocycles. The predicted octanol–water partition coefficient (Wildman–Crippen LogP) is 3.74. The second kappa shape index (κ2) is 7.57. The van der Waals surface area contributed by atoms with Gasteiger partial charge in [0.05, 0.1) is 0 Å². The molecule has 2 nitrogen and oxygen atoms in total. The van der Waals surface area contributed by atoms with Crippen LogP contribution in [0.2, 0.25) is 5.02 Å². The molecule has 0 bridgehead atoms. The van der Waals surface area contributed by atoms with Crippen LogP contribution in [0.25, 0.3) is 0 Å². The van der Waals surface area contributed by atoms with E-state index in [4.69, 9.17) is 16.3 Å². The largest absolute Gasteiger partial charge is 0.492 e. The zero-order chi connectivity index (χ0) is 12.7. The molecule has 1 atom stereocenters. The van der Waals surface area contributed by atoms with Crippen molar-refractivity contribution in [2.45, 2.75) is 33.2 Å². The molecular formula is C14H22ClNO. The maximum absolute atomic E-state index is 5.91. The number of nitrogens with one attached hydrogen (secondary N) is 1. The number of ether oxygens (including phenoxy) is 1. The van der Waals surface area contributed by atoms with E-state index in [-0.39, 0.29) is 0 Å². The molecule has 3 heteroatoms. The van der Waals surface area contributed by atoms with Crippen molar-refractivity contribution in [2.75, 3.05) is 13.2 Å². The average Bonchev–Trinajstić information content (AvgIpc) is 2.26. The smallest absolute Gasteiger partial charge is 0.120 e. The highest BCUT2D eigenvalue weighted by Crippen LogP contribution is 2.17. The third-order valence-corrected chi connectivity index (χ3v) is 2.73. The van der Waals surface area contributed by atoms with E-state index >= 15 is 0 Å². The van der Waals surface area contributed by atoms with E-state index in [1.165, 1.54) is 0 Å². The molecular weight excluding hydrogens is 234 g/mol. The maximum atomic E-state index is 5.91. The molecule has 1 N–H and O–H groups in total. The number of benzene rings is 1. The summed E-state index contributed by atoms with van der Waals surface area (Å²) in [6, 6.07) is 7.94. The Morgan fingerprint density at radius 2 is 2.12 bits per heavy atom. The van der Waals surface area contributed by atoms with E-state index in [2.05, 4.69) is 26.1 Å². The fraction of sp³-hybridized carbons (Fsp3) is 0.571. The van der Waals surface area contributed by atoms with Crippen LogP contribution in [0.1, 0.15) is 27.2 Å². The van der Waals surface area contributed by atoms with Gasteiger partial charge >= 0.3 is 0 Å². The molecule has 0 saturated carbocycles. The Kier molecular flexibility index (Phi) is 6.38. The molecule has 1 aromatic carbocycles. The van der Waals surface area contributed by atoms with Crippen LogP contribution < -0.4 is 10.1 Å². The van der Waals surface area contributed by atoms with Crippen LogP contribution >= 0.6 is 11.6 Å². The molecule has 0 aliphatic carbocycles. The van der Waals surface area contributed by atoms with Gasteiger partial charge < -0.3 is 10.1 Å². The topological polar surface area (TPSA) is 21.3 Å². The highest BCUT2D eigenvalue weighted by molar-refractivity contribution is 6.30. The molecule has 0 amide bonds. The highest BCUT2D eigenvalue weighted by Gasteiger charge is 2.10. The van der Waals surface area contributed by atoms with E-state index in [0.29, 0.717) is 23.6 Å². The molecule has 1 unspecified atom stereocenters. The van der Waals surface area contributed by atoms with Gasteiger partial charge in [-0.3, -0.25) is 0 Å². The van der Waals surface area contributed by atoms with Crippen LogP contribution in [0, 0.1) is 5.92 Å². The van der Waals surface area contributed by atoms with Crippen molar-refractivity contribution in [2.24, 2.45) is 5.92 Å². The van der Waals surface area contributed by atoms with Gasteiger partial charge in [-0.1, -0.05) is 38.4 Å². The summed E-state index contributed by atoms with van der Waals surface area (Å²) in [5.74, 6) is 1.51. The van der Waals surface area contributed by atoms with Gasteiger partial charge in [-0.25, -0.2) is 0 Å². The molecule has 17 heavy (non-hydrogen) atoms. The summed E-state index contributed by atoms with van der Waals surface area (Å²) in [5.41, 5.74) is 0. The van der Waals surface area contributed by atoms with E-state index in [9.17, 15) is 0 Å². The summed E-state index contributed by atoms with van der Waals surface area (Å²) in [5, 5.41) is 4.16. The van der Waals surface area contributed by atoms with Gasteiger partial charge in [0.1, 0.15) is 12.4 Å². The number of likely N-dealkylation sites (N-methyl/N-ethyl adjacent to an activating group) is 1. The summed E-state index contributed by atoms with van der Waals surface area (Å²) < 4.78 is 5.76. The molecule has 0 saturated heterocycles. The van der Waals surface area contributed by atoms with Gasteiger partial charge in [0, 0.05) is 11.1 Å². The fourth-order valence-electron chi connectivity index (χ4n) is 1.82. The number of rotatable bonds is 7. The second-order valence-corrected chi connectivity index (χ2v) is 5.09. The summed E-state index contributed by atoms with van der Waals surface area (Å²) >= 11 is 5.91. The minimum atomic E-state index is 0.402. The highest BCUT2D eigenvalue weighted by atomic mass is 35.5. The number of halogens is 1. The first-order valence-corrected chi connectivity index (χ1v) is 6.61. The molecule has 96 valence electrons. The SMILES string of the molecule is CCNC(COc1cccc(Cl)c1)CC(C)C. The van der Waals surface area contributed by atoms with Crippen molar-refractivity contribution in [1.29, 1.82) is 0 Å². The normalized spacial score (nSPS) is 12.8. The lowest BCUT2D eigenvalue weighted by Gasteiger charge is -2.20. The predicted molar refractivity (Wildman–Crippen MR) is 73.9 cm³/mol. The van der Waals surface area contributed by atoms with Crippen molar-refractivity contribution < 1.29 is 4.74 Å². The lowest BCUT2D eigenvalue weighted by molar-refractivity contribution is 0.246. The molecule has 0 aromatic heterocycles. The Labute approximate surface area is 109 Å². The van der Waals surface area contributed by atoms with Crippen molar-refractivity contribution in [1.82, 2.24) is 5.32 Å². The molecule has 0 aliphatic heterocycles. The number of hydrogen-bond donors (Lipinski definition) is 1. The Balaban J connectivity index is 2.45. The van der Waals surface area contributed by atoms with Crippen LogP contribution in [0.4, 0.5) is 0 Å². The van der Waals surface area contributed by atoms with Crippen LogP contribution in [0.3, 0.4) is 0 Å². The summed E-state index contributed by atoms with van der Waals surface area (Å²) in [7, 11) is 0. The molecule has 0 aliphatic rings. The molecule has 0 fully saturated rings. The minimum absolute atomic E-state index is 0.402. The van der Waals surface area contributed by atoms with Crippen molar-refractivity contribution in [3.05, 3.63) is 29.3 Å². The molecule has 1 rings (SSSR count). The van der Waals surface area contributed by atoms with Crippen molar-refractivity contribution in [3.8, 4) is 5.75 Å². The fourth-order valence-corrected chi connectivity index (χ4v) is 2.00. The lowest BCUT2D eigenvalue weighted by Crippen LogP contribution is -2.35. The molecule has 0 radical (unpaired) electrons. The first-order valence-electron chi connectivity index (χ1n) is 6.23. The van der Waals surface area contributed by atoms with Crippen molar-refractivity contribution in [3.63, 3.8) is 0 Å². The summed E-state index contributed by atoms with van der Waals surface area (Å²) in [6.07, 6.45) is 1.12. The van der Waals surface area contributed by atoms with E-state index in [1.54, 1.807) is 0 Å². The average molecular weight is 256 g/mol. The lowest BCUT2D eigenvalue weighted by atomic mass is 10.0. The third kappa shape index (κ3) is 5.94. The summed E-state index contributed by atoms with van der Waals surface area (Å²) in [6.45, 7) is 8.23. The van der Waals surface area contributed by atoms with Gasteiger partial charge in [-0.15, -0.1) is 0 Å². The first kappa shape index (κ1) is 14.3. The molecule has 0 spiro atoms. The Hall–Kier alpha value is -0.730. The Morgan fingerprint density at radius 3 is 2.71 bits per heavy atom. The Morgan fingerprint density at radius 1 is 1.35 bits per heavy atom. The zero-order valence-electron chi connectivity index (χ0n) is 10.9. The van der Waals surface area contributed by atoms with Crippen LogP contribution in [-0.2, 0) is 0 Å². The van der Waals surface area contributed by atoms with Crippen LogP contribution in [0.15, 0.2) is 24.3 Å². The van der Waals surface area contributed by atoms with Crippen molar-refractivity contribution >= 4 is 11.6 Å². The van der Waals surface area contributed by atoms with Gasteiger partial charge in [0.2, 0.25) is 0 Å². The minimum Gasteiger partial charge on any atom is -0.492 e. The van der Waals surface area contributed by atoms with Crippen LogP contribution in [-0.4, -0.2) is 19.2 Å². The number of hydrogen-bond acceptors (Lipinski definition) is 2. The van der Waals surface area contributed by atoms with Crippen LogP contribution in [0.5, 0.6) is 5.75 Å². The van der Waals surface area contributed by atoms with E-state index < -0.39 is 0 Å². The molecule has 1 aromatic rings. The third-order valence-electron chi connectivity index (χ3n) is 2.50. The standard InChI is InChI=1S/C14H22ClNO/c1-4-16-13(8-11(2)3)10-17-14-7-5-6-12(15)9-14/h5-7,9,11,13,16H,4,8,10H2,1-3H3. The van der Waals surface area contributed by atoms with Gasteiger partial charge in [-0.2, -0.15) is 0 Å². The van der Waals surface area contributed by atoms with Gasteiger partial charge in [0.15, 0.2) is 0 Å². The zero-order valence-corrected chi connectivity index (χ0v) is 11.6. The maximum Gasteiger partial charge on any atom is 0.120 e. The summed E-state index contributed by atoms with van der Waals surface area (Å²) in [4.78, 5) is 0. The quantitative estimate of drug-likeness (QED) is 0.801. The van der Waals surface area contributed by atoms with Gasteiger partial charge in [0.25, 0.3) is 0 Å².